The molecule has 0 fully saturated rings. The third-order valence-corrected chi connectivity index (χ3v) is 2.53. The molecular weight excluding hydrogens is 142 g/mol. The van der Waals surface area contributed by atoms with Crippen molar-refractivity contribution in [1.29, 1.82) is 0 Å². The van der Waals surface area contributed by atoms with Gasteiger partial charge in [-0.3, -0.25) is 4.90 Å². The van der Waals surface area contributed by atoms with Crippen LogP contribution in [0.2, 0.25) is 0 Å². The van der Waals surface area contributed by atoms with Crippen molar-refractivity contribution < 1.29 is 10.2 Å². The Balaban J connectivity index is 4.26. The van der Waals surface area contributed by atoms with Gasteiger partial charge in [0, 0.05) is 0 Å². The summed E-state index contributed by atoms with van der Waals surface area (Å²) in [7, 11) is 1.91. The smallest absolute Gasteiger partial charge is 0.0667 e. The number of aliphatic hydroxyl groups is 2. The molecule has 0 unspecified atom stereocenters. The van der Waals surface area contributed by atoms with E-state index in [0.717, 1.165) is 13.0 Å². The Labute approximate surface area is 68.6 Å². The van der Waals surface area contributed by atoms with Crippen LogP contribution in [-0.4, -0.2) is 47.5 Å². The van der Waals surface area contributed by atoms with Crippen molar-refractivity contribution in [2.24, 2.45) is 0 Å². The molecular formula is C8H19NO2. The molecule has 0 bridgehead atoms. The predicted octanol–water partition coefficient (Wildman–Crippen LogP) is 0.0715. The summed E-state index contributed by atoms with van der Waals surface area (Å²) < 4.78 is 0. The van der Waals surface area contributed by atoms with Crippen LogP contribution >= 0.6 is 0 Å². The first-order chi connectivity index (χ1) is 5.16. The lowest BCUT2D eigenvalue weighted by Gasteiger charge is -2.37. The predicted molar refractivity (Wildman–Crippen MR) is 45.5 cm³/mol. The van der Waals surface area contributed by atoms with Crippen LogP contribution < -0.4 is 0 Å². The lowest BCUT2D eigenvalue weighted by Crippen LogP contribution is -2.52. The highest BCUT2D eigenvalue weighted by atomic mass is 16.3. The molecule has 0 radical (unpaired) electrons. The van der Waals surface area contributed by atoms with Crippen LogP contribution in [0, 0.1) is 0 Å². The molecule has 0 aromatic rings. The summed E-state index contributed by atoms with van der Waals surface area (Å²) in [5.74, 6) is 0. The second kappa shape index (κ2) is 4.70. The number of hydrogen-bond donors (Lipinski definition) is 2. The molecule has 0 aliphatic heterocycles. The highest BCUT2D eigenvalue weighted by Gasteiger charge is 2.30. The minimum absolute atomic E-state index is 0.0182. The minimum Gasteiger partial charge on any atom is -0.394 e. The molecule has 0 aromatic heterocycles. The summed E-state index contributed by atoms with van der Waals surface area (Å²) in [4.78, 5) is 1.98. The minimum atomic E-state index is -0.422. The monoisotopic (exact) mass is 161 g/mol. The van der Waals surface area contributed by atoms with E-state index in [0.29, 0.717) is 0 Å². The maximum atomic E-state index is 9.08. The summed E-state index contributed by atoms with van der Waals surface area (Å²) in [5.41, 5.74) is -0.422. The van der Waals surface area contributed by atoms with Gasteiger partial charge < -0.3 is 10.2 Å². The molecule has 3 heteroatoms. The fourth-order valence-electron chi connectivity index (χ4n) is 1.12. The first-order valence-electron chi connectivity index (χ1n) is 4.09. The molecule has 0 saturated heterocycles. The van der Waals surface area contributed by atoms with Gasteiger partial charge in [0.05, 0.1) is 18.8 Å². The summed E-state index contributed by atoms with van der Waals surface area (Å²) in [6.07, 6.45) is 0.768. The highest BCUT2D eigenvalue weighted by molar-refractivity contribution is 4.85. The van der Waals surface area contributed by atoms with Gasteiger partial charge in [-0.1, -0.05) is 13.8 Å². The van der Waals surface area contributed by atoms with Crippen molar-refractivity contribution in [2.45, 2.75) is 25.8 Å². The first-order valence-corrected chi connectivity index (χ1v) is 4.09. The summed E-state index contributed by atoms with van der Waals surface area (Å²) >= 11 is 0. The van der Waals surface area contributed by atoms with Crippen LogP contribution in [0.15, 0.2) is 0 Å². The van der Waals surface area contributed by atoms with E-state index < -0.39 is 5.54 Å². The Morgan fingerprint density at radius 1 is 1.18 bits per heavy atom. The average Bonchev–Trinajstić information content (AvgIpc) is 2.08. The van der Waals surface area contributed by atoms with Crippen LogP contribution in [0.25, 0.3) is 0 Å². The highest BCUT2D eigenvalue weighted by Crippen LogP contribution is 2.16. The van der Waals surface area contributed by atoms with Gasteiger partial charge in [0.25, 0.3) is 0 Å². The van der Waals surface area contributed by atoms with Crippen LogP contribution in [-0.2, 0) is 0 Å². The van der Waals surface area contributed by atoms with E-state index in [1.54, 1.807) is 0 Å². The molecule has 0 aromatic carbocycles. The molecule has 0 heterocycles. The van der Waals surface area contributed by atoms with Crippen molar-refractivity contribution in [3.8, 4) is 0 Å². The van der Waals surface area contributed by atoms with Gasteiger partial charge >= 0.3 is 0 Å². The molecule has 11 heavy (non-hydrogen) atoms. The van der Waals surface area contributed by atoms with Crippen LogP contribution in [0.5, 0.6) is 0 Å². The van der Waals surface area contributed by atoms with E-state index in [1.165, 1.54) is 0 Å². The van der Waals surface area contributed by atoms with E-state index in [2.05, 4.69) is 0 Å². The standard InChI is InChI=1S/C8H19NO2/c1-4-8(6-10,7-11)9(3)5-2/h10-11H,4-7H2,1-3H3. The van der Waals surface area contributed by atoms with Gasteiger partial charge in [0.15, 0.2) is 0 Å². The van der Waals surface area contributed by atoms with E-state index in [1.807, 2.05) is 25.8 Å². The normalized spacial score (nSPS) is 12.5. The number of rotatable bonds is 5. The van der Waals surface area contributed by atoms with Crippen LogP contribution in [0.1, 0.15) is 20.3 Å². The lowest BCUT2D eigenvalue weighted by molar-refractivity contribution is 0.00210. The Kier molecular flexibility index (Phi) is 4.65. The molecule has 0 amide bonds. The van der Waals surface area contributed by atoms with Gasteiger partial charge in [-0.15, -0.1) is 0 Å². The summed E-state index contributed by atoms with van der Waals surface area (Å²) in [6.45, 7) is 4.86. The zero-order chi connectivity index (χ0) is 8.91. The number of likely N-dealkylation sites (N-methyl/N-ethyl adjacent to an activating group) is 1. The van der Waals surface area contributed by atoms with Crippen molar-refractivity contribution in [3.63, 3.8) is 0 Å². The summed E-state index contributed by atoms with van der Waals surface area (Å²) in [5, 5.41) is 18.2. The molecule has 3 nitrogen and oxygen atoms in total. The molecule has 0 saturated carbocycles. The first kappa shape index (κ1) is 10.9. The van der Waals surface area contributed by atoms with E-state index in [-0.39, 0.29) is 13.2 Å². The molecule has 68 valence electrons. The van der Waals surface area contributed by atoms with E-state index in [9.17, 15) is 0 Å². The van der Waals surface area contributed by atoms with Gasteiger partial charge in [-0.2, -0.15) is 0 Å². The quantitative estimate of drug-likeness (QED) is 0.600. The van der Waals surface area contributed by atoms with Crippen LogP contribution in [0.3, 0.4) is 0 Å². The second-order valence-corrected chi connectivity index (χ2v) is 2.91. The van der Waals surface area contributed by atoms with Gasteiger partial charge in [-0.05, 0) is 20.0 Å². The maximum absolute atomic E-state index is 9.08. The zero-order valence-electron chi connectivity index (χ0n) is 7.67. The largest absolute Gasteiger partial charge is 0.394 e. The topological polar surface area (TPSA) is 43.7 Å². The molecule has 0 spiro atoms. The summed E-state index contributed by atoms with van der Waals surface area (Å²) in [6, 6.07) is 0. The van der Waals surface area contributed by atoms with Gasteiger partial charge in [0.2, 0.25) is 0 Å². The second-order valence-electron chi connectivity index (χ2n) is 2.91. The molecule has 0 rings (SSSR count). The van der Waals surface area contributed by atoms with Crippen LogP contribution in [0.4, 0.5) is 0 Å². The third kappa shape index (κ3) is 2.15. The fraction of sp³-hybridized carbons (Fsp3) is 1.00. The SMILES string of the molecule is CCN(C)C(CC)(CO)CO. The maximum Gasteiger partial charge on any atom is 0.0667 e. The van der Waals surface area contributed by atoms with E-state index >= 15 is 0 Å². The van der Waals surface area contributed by atoms with Gasteiger partial charge in [0.1, 0.15) is 0 Å². The van der Waals surface area contributed by atoms with Crippen molar-refractivity contribution >= 4 is 0 Å². The number of hydrogen-bond acceptors (Lipinski definition) is 3. The van der Waals surface area contributed by atoms with Crippen molar-refractivity contribution in [3.05, 3.63) is 0 Å². The van der Waals surface area contributed by atoms with E-state index in [4.69, 9.17) is 10.2 Å². The third-order valence-electron chi connectivity index (χ3n) is 2.53. The average molecular weight is 161 g/mol. The Morgan fingerprint density at radius 2 is 1.64 bits per heavy atom. The Morgan fingerprint density at radius 3 is 1.73 bits per heavy atom. The number of aliphatic hydroxyl groups excluding tert-OH is 2. The lowest BCUT2D eigenvalue weighted by atomic mass is 9.96. The number of nitrogens with zero attached hydrogens (tertiary/aromatic N) is 1. The molecule has 0 atom stereocenters. The van der Waals surface area contributed by atoms with Crippen molar-refractivity contribution in [2.75, 3.05) is 26.8 Å². The fourth-order valence-corrected chi connectivity index (χ4v) is 1.12. The van der Waals surface area contributed by atoms with Crippen molar-refractivity contribution in [1.82, 2.24) is 4.90 Å². The molecule has 2 N–H and O–H groups in total. The molecule has 0 aliphatic rings. The molecule has 0 aliphatic carbocycles. The zero-order valence-corrected chi connectivity index (χ0v) is 7.67. The van der Waals surface area contributed by atoms with Gasteiger partial charge in [-0.25, -0.2) is 0 Å². The Bertz CT molecular complexity index is 94.0. The Hall–Kier alpha value is -0.120.